The highest BCUT2D eigenvalue weighted by Crippen LogP contribution is 2.30. The van der Waals surface area contributed by atoms with Crippen molar-refractivity contribution >= 4 is 44.2 Å². The normalized spacial score (nSPS) is 11.3. The number of rotatable bonds is 7. The summed E-state index contributed by atoms with van der Waals surface area (Å²) in [5.41, 5.74) is 2.69. The molecule has 1 aromatic heterocycles. The average Bonchev–Trinajstić information content (AvgIpc) is 3.07. The van der Waals surface area contributed by atoms with Gasteiger partial charge in [0, 0.05) is 23.7 Å². The third-order valence-corrected chi connectivity index (χ3v) is 5.89. The minimum Gasteiger partial charge on any atom is -0.302 e. The van der Waals surface area contributed by atoms with E-state index < -0.39 is 0 Å². The largest absolute Gasteiger partial charge is 0.302 e. The molecule has 4 nitrogen and oxygen atoms in total. The maximum absolute atomic E-state index is 13.2. The maximum Gasteiger partial charge on any atom is 0.260 e. The smallest absolute Gasteiger partial charge is 0.260 e. The molecule has 0 saturated heterocycles. The quantitative estimate of drug-likeness (QED) is 0.542. The maximum atomic E-state index is 13.2. The lowest BCUT2D eigenvalue weighted by Gasteiger charge is -2.24. The molecule has 0 aliphatic heterocycles. The zero-order valence-corrected chi connectivity index (χ0v) is 17.5. The van der Waals surface area contributed by atoms with Crippen molar-refractivity contribution in [3.63, 3.8) is 0 Å². The van der Waals surface area contributed by atoms with Crippen LogP contribution in [0.5, 0.6) is 0 Å². The van der Waals surface area contributed by atoms with Gasteiger partial charge < -0.3 is 4.90 Å². The number of hydrogen-bond acceptors (Lipinski definition) is 4. The van der Waals surface area contributed by atoms with Gasteiger partial charge in [-0.2, -0.15) is 0 Å². The van der Waals surface area contributed by atoms with Gasteiger partial charge in [0.1, 0.15) is 0 Å². The molecular formula is C21H24ClN3OS. The number of carbonyl (C=O) groups is 1. The summed E-state index contributed by atoms with van der Waals surface area (Å²) in [6, 6.07) is 13.3. The lowest BCUT2D eigenvalue weighted by molar-refractivity contribution is 0.0984. The van der Waals surface area contributed by atoms with Gasteiger partial charge in [0.2, 0.25) is 0 Å². The SMILES string of the molecule is CCN(CC)CCN(C(=O)c1cccc(Cl)c1)c1nc2ccc(C)cc2s1. The predicted octanol–water partition coefficient (Wildman–Crippen LogP) is 5.25. The second-order valence-electron chi connectivity index (χ2n) is 6.46. The Hall–Kier alpha value is -1.95. The minimum atomic E-state index is -0.0690. The molecule has 3 aromatic rings. The number of aromatic nitrogens is 1. The highest BCUT2D eigenvalue weighted by atomic mass is 35.5. The second kappa shape index (κ2) is 8.83. The second-order valence-corrected chi connectivity index (χ2v) is 7.91. The van der Waals surface area contributed by atoms with E-state index in [1.807, 2.05) is 12.1 Å². The number of carbonyl (C=O) groups excluding carboxylic acids is 1. The summed E-state index contributed by atoms with van der Waals surface area (Å²) in [5, 5.41) is 1.29. The number of halogens is 1. The van der Waals surface area contributed by atoms with E-state index >= 15 is 0 Å². The molecular weight excluding hydrogens is 378 g/mol. The van der Waals surface area contributed by atoms with Gasteiger partial charge >= 0.3 is 0 Å². The summed E-state index contributed by atoms with van der Waals surface area (Å²) in [7, 11) is 0. The summed E-state index contributed by atoms with van der Waals surface area (Å²) in [6.07, 6.45) is 0. The molecule has 2 aromatic carbocycles. The zero-order chi connectivity index (χ0) is 19.4. The number of nitrogens with zero attached hydrogens (tertiary/aromatic N) is 3. The van der Waals surface area contributed by atoms with Crippen LogP contribution in [0.4, 0.5) is 5.13 Å². The number of hydrogen-bond donors (Lipinski definition) is 0. The van der Waals surface area contributed by atoms with Gasteiger partial charge in [0.25, 0.3) is 5.91 Å². The van der Waals surface area contributed by atoms with E-state index in [9.17, 15) is 4.79 Å². The molecule has 0 aliphatic rings. The van der Waals surface area contributed by atoms with Crippen molar-refractivity contribution in [2.75, 3.05) is 31.1 Å². The van der Waals surface area contributed by atoms with E-state index in [0.717, 1.165) is 35.0 Å². The Morgan fingerprint density at radius 3 is 2.59 bits per heavy atom. The molecule has 0 bridgehead atoms. The highest BCUT2D eigenvalue weighted by molar-refractivity contribution is 7.22. The Balaban J connectivity index is 1.96. The summed E-state index contributed by atoms with van der Waals surface area (Å²) in [5.74, 6) is -0.0690. The van der Waals surface area contributed by atoms with E-state index in [-0.39, 0.29) is 5.91 Å². The van der Waals surface area contributed by atoms with E-state index in [1.54, 1.807) is 40.5 Å². The number of amides is 1. The van der Waals surface area contributed by atoms with Crippen LogP contribution in [0.1, 0.15) is 29.8 Å². The van der Waals surface area contributed by atoms with Gasteiger partial charge in [0.15, 0.2) is 5.13 Å². The molecule has 3 rings (SSSR count). The molecule has 0 unspecified atom stereocenters. The van der Waals surface area contributed by atoms with Gasteiger partial charge in [-0.3, -0.25) is 9.69 Å². The number of likely N-dealkylation sites (N-methyl/N-ethyl adjacent to an activating group) is 1. The third kappa shape index (κ3) is 4.67. The van der Waals surface area contributed by atoms with Crippen LogP contribution in [0.2, 0.25) is 5.02 Å². The summed E-state index contributed by atoms with van der Waals surface area (Å²) in [6.45, 7) is 9.62. The monoisotopic (exact) mass is 401 g/mol. The van der Waals surface area contributed by atoms with Crippen LogP contribution < -0.4 is 4.90 Å². The fraction of sp³-hybridized carbons (Fsp3) is 0.333. The number of benzene rings is 2. The van der Waals surface area contributed by atoms with Crippen LogP contribution in [0.15, 0.2) is 42.5 Å². The first-order chi connectivity index (χ1) is 13.0. The molecule has 0 fully saturated rings. The lowest BCUT2D eigenvalue weighted by Crippen LogP contribution is -2.38. The Morgan fingerprint density at radius 1 is 1.11 bits per heavy atom. The molecule has 0 N–H and O–H groups in total. The Morgan fingerprint density at radius 2 is 1.89 bits per heavy atom. The molecule has 0 spiro atoms. The Bertz CT molecular complexity index is 936. The third-order valence-electron chi connectivity index (χ3n) is 4.61. The van der Waals surface area contributed by atoms with Crippen LogP contribution in [0.3, 0.4) is 0 Å². The summed E-state index contributed by atoms with van der Waals surface area (Å²) < 4.78 is 1.09. The van der Waals surface area contributed by atoms with Crippen LogP contribution >= 0.6 is 22.9 Å². The topological polar surface area (TPSA) is 36.4 Å². The fourth-order valence-electron chi connectivity index (χ4n) is 2.98. The molecule has 0 aliphatic carbocycles. The Kier molecular flexibility index (Phi) is 6.47. The number of aryl methyl sites for hydroxylation is 1. The van der Waals surface area contributed by atoms with Crippen LogP contribution in [0, 0.1) is 6.92 Å². The molecule has 0 radical (unpaired) electrons. The van der Waals surface area contributed by atoms with E-state index in [0.29, 0.717) is 17.1 Å². The number of thiazole rings is 1. The van der Waals surface area contributed by atoms with Crippen molar-refractivity contribution in [2.24, 2.45) is 0 Å². The van der Waals surface area contributed by atoms with Crippen molar-refractivity contribution in [1.29, 1.82) is 0 Å². The van der Waals surface area contributed by atoms with Crippen molar-refractivity contribution in [3.05, 3.63) is 58.6 Å². The first-order valence-electron chi connectivity index (χ1n) is 9.18. The number of anilines is 1. The molecule has 1 amide bonds. The van der Waals surface area contributed by atoms with Crippen LogP contribution in [0.25, 0.3) is 10.2 Å². The van der Waals surface area contributed by atoms with Gasteiger partial charge in [-0.05, 0) is 55.9 Å². The van der Waals surface area contributed by atoms with Crippen molar-refractivity contribution in [1.82, 2.24) is 9.88 Å². The van der Waals surface area contributed by atoms with Crippen LogP contribution in [-0.4, -0.2) is 42.0 Å². The fourth-order valence-corrected chi connectivity index (χ4v) is 4.26. The average molecular weight is 402 g/mol. The van der Waals surface area contributed by atoms with Gasteiger partial charge in [-0.1, -0.05) is 48.9 Å². The predicted molar refractivity (Wildman–Crippen MR) is 115 cm³/mol. The lowest BCUT2D eigenvalue weighted by atomic mass is 10.2. The number of fused-ring (bicyclic) bond motifs is 1. The molecule has 27 heavy (non-hydrogen) atoms. The zero-order valence-electron chi connectivity index (χ0n) is 15.9. The van der Waals surface area contributed by atoms with Crippen LogP contribution in [-0.2, 0) is 0 Å². The van der Waals surface area contributed by atoms with Gasteiger partial charge in [-0.25, -0.2) is 4.98 Å². The first-order valence-corrected chi connectivity index (χ1v) is 10.4. The van der Waals surface area contributed by atoms with E-state index in [4.69, 9.17) is 16.6 Å². The molecule has 1 heterocycles. The molecule has 0 saturated carbocycles. The molecule has 0 atom stereocenters. The van der Waals surface area contributed by atoms with Gasteiger partial charge in [0.05, 0.1) is 10.2 Å². The molecule has 142 valence electrons. The van der Waals surface area contributed by atoms with Crippen molar-refractivity contribution in [3.8, 4) is 0 Å². The van der Waals surface area contributed by atoms with Crippen molar-refractivity contribution in [2.45, 2.75) is 20.8 Å². The van der Waals surface area contributed by atoms with E-state index in [1.165, 1.54) is 5.56 Å². The highest BCUT2D eigenvalue weighted by Gasteiger charge is 2.22. The first kappa shape index (κ1) is 19.8. The van der Waals surface area contributed by atoms with Crippen molar-refractivity contribution < 1.29 is 4.79 Å². The minimum absolute atomic E-state index is 0.0690. The summed E-state index contributed by atoms with van der Waals surface area (Å²) >= 11 is 7.66. The Labute approximate surface area is 169 Å². The van der Waals surface area contributed by atoms with E-state index in [2.05, 4.69) is 31.7 Å². The summed E-state index contributed by atoms with van der Waals surface area (Å²) in [4.78, 5) is 22.1. The molecule has 6 heteroatoms. The standard InChI is InChI=1S/C21H24ClN3OS/c1-4-24(5-2)11-12-25(20(26)16-7-6-8-17(22)14-16)21-23-18-10-9-15(3)13-19(18)27-21/h6-10,13-14H,4-5,11-12H2,1-3H3. The van der Waals surface area contributed by atoms with Gasteiger partial charge in [-0.15, -0.1) is 0 Å².